The zero-order valence-corrected chi connectivity index (χ0v) is 10.2. The lowest BCUT2D eigenvalue weighted by Crippen LogP contribution is -2.22. The van der Waals surface area contributed by atoms with Crippen LogP contribution in [0.2, 0.25) is 0 Å². The fraction of sp³-hybridized carbons (Fsp3) is 0.214. The lowest BCUT2D eigenvalue weighted by Gasteiger charge is -2.05. The Bertz CT molecular complexity index is 506. The summed E-state index contributed by atoms with van der Waals surface area (Å²) in [5, 5.41) is 2.80. The third-order valence-corrected chi connectivity index (χ3v) is 2.50. The molecule has 1 amide bonds. The number of hydrogen-bond donors (Lipinski definition) is 1. The second-order valence-corrected chi connectivity index (χ2v) is 3.91. The lowest BCUT2D eigenvalue weighted by atomic mass is 10.1. The smallest absolute Gasteiger partial charge is 0.287 e. The molecule has 2 rings (SSSR count). The third kappa shape index (κ3) is 3.21. The van der Waals surface area contributed by atoms with E-state index in [0.29, 0.717) is 18.9 Å². The first-order valence-corrected chi connectivity index (χ1v) is 5.68. The highest BCUT2D eigenvalue weighted by Gasteiger charge is 2.07. The molecule has 0 fully saturated rings. The van der Waals surface area contributed by atoms with Crippen molar-refractivity contribution >= 4 is 5.91 Å². The van der Waals surface area contributed by atoms with Gasteiger partial charge in [-0.25, -0.2) is 0 Å². The number of rotatable bonds is 5. The molecule has 0 bridgehead atoms. The Morgan fingerprint density at radius 1 is 1.28 bits per heavy atom. The van der Waals surface area contributed by atoms with Crippen LogP contribution < -0.4 is 5.32 Å². The van der Waals surface area contributed by atoms with Crippen LogP contribution in [0.5, 0.6) is 0 Å². The standard InChI is InChI=1S/C14H15NO3/c1-17-10-12-5-2-4-11(8-12)9-15-14(16)13-6-3-7-18-13/h2-8H,9-10H2,1H3,(H,15,16). The highest BCUT2D eigenvalue weighted by molar-refractivity contribution is 5.91. The van der Waals surface area contributed by atoms with Crippen molar-refractivity contribution in [1.82, 2.24) is 5.32 Å². The molecule has 1 aromatic carbocycles. The summed E-state index contributed by atoms with van der Waals surface area (Å²) in [6.45, 7) is 1.04. The van der Waals surface area contributed by atoms with Crippen LogP contribution in [0.15, 0.2) is 47.1 Å². The minimum absolute atomic E-state index is 0.211. The van der Waals surface area contributed by atoms with Crippen molar-refractivity contribution in [3.63, 3.8) is 0 Å². The summed E-state index contributed by atoms with van der Waals surface area (Å²) in [4.78, 5) is 11.7. The summed E-state index contributed by atoms with van der Waals surface area (Å²) in [7, 11) is 1.66. The number of ether oxygens (including phenoxy) is 1. The summed E-state index contributed by atoms with van der Waals surface area (Å²) >= 11 is 0. The molecule has 0 unspecified atom stereocenters. The summed E-state index contributed by atoms with van der Waals surface area (Å²) < 4.78 is 10.1. The Morgan fingerprint density at radius 2 is 2.11 bits per heavy atom. The first-order valence-electron chi connectivity index (χ1n) is 5.68. The predicted octanol–water partition coefficient (Wildman–Crippen LogP) is 2.36. The quantitative estimate of drug-likeness (QED) is 0.879. The van der Waals surface area contributed by atoms with Gasteiger partial charge in [-0.3, -0.25) is 4.79 Å². The van der Waals surface area contributed by atoms with Crippen molar-refractivity contribution in [2.45, 2.75) is 13.2 Å². The molecule has 94 valence electrons. The van der Waals surface area contributed by atoms with Gasteiger partial charge in [-0.05, 0) is 23.3 Å². The molecule has 0 radical (unpaired) electrons. The SMILES string of the molecule is COCc1cccc(CNC(=O)c2ccco2)c1. The van der Waals surface area contributed by atoms with Crippen molar-refractivity contribution in [1.29, 1.82) is 0 Å². The van der Waals surface area contributed by atoms with Crippen LogP contribution >= 0.6 is 0 Å². The largest absolute Gasteiger partial charge is 0.459 e. The number of hydrogen-bond acceptors (Lipinski definition) is 3. The average Bonchev–Trinajstić information content (AvgIpc) is 2.91. The van der Waals surface area contributed by atoms with Crippen LogP contribution in [0, 0.1) is 0 Å². The van der Waals surface area contributed by atoms with Crippen LogP contribution in [-0.2, 0) is 17.9 Å². The molecular weight excluding hydrogens is 230 g/mol. The van der Waals surface area contributed by atoms with Gasteiger partial charge in [-0.2, -0.15) is 0 Å². The van der Waals surface area contributed by atoms with E-state index in [2.05, 4.69) is 5.32 Å². The average molecular weight is 245 g/mol. The molecule has 0 aliphatic heterocycles. The zero-order chi connectivity index (χ0) is 12.8. The molecule has 0 spiro atoms. The molecule has 1 N–H and O–H groups in total. The second-order valence-electron chi connectivity index (χ2n) is 3.91. The van der Waals surface area contributed by atoms with E-state index in [1.54, 1.807) is 19.2 Å². The molecule has 18 heavy (non-hydrogen) atoms. The van der Waals surface area contributed by atoms with E-state index in [-0.39, 0.29) is 5.91 Å². The molecule has 0 saturated heterocycles. The Morgan fingerprint density at radius 3 is 2.83 bits per heavy atom. The molecule has 0 atom stereocenters. The van der Waals surface area contributed by atoms with Crippen LogP contribution in [0.3, 0.4) is 0 Å². The zero-order valence-electron chi connectivity index (χ0n) is 10.2. The van der Waals surface area contributed by atoms with Gasteiger partial charge in [-0.1, -0.05) is 24.3 Å². The van der Waals surface area contributed by atoms with Crippen molar-refractivity contribution < 1.29 is 13.9 Å². The van der Waals surface area contributed by atoms with E-state index in [0.717, 1.165) is 11.1 Å². The number of carbonyl (C=O) groups is 1. The van der Waals surface area contributed by atoms with Crippen molar-refractivity contribution in [3.05, 3.63) is 59.5 Å². The molecule has 0 saturated carbocycles. The Hall–Kier alpha value is -2.07. The van der Waals surface area contributed by atoms with Crippen molar-refractivity contribution in [3.8, 4) is 0 Å². The Kier molecular flexibility index (Phi) is 4.15. The number of furan rings is 1. The van der Waals surface area contributed by atoms with E-state index < -0.39 is 0 Å². The molecule has 4 nitrogen and oxygen atoms in total. The number of amides is 1. The number of benzene rings is 1. The molecule has 1 aromatic heterocycles. The number of carbonyl (C=O) groups excluding carboxylic acids is 1. The Labute approximate surface area is 106 Å². The van der Waals surface area contributed by atoms with Gasteiger partial charge in [0.05, 0.1) is 12.9 Å². The van der Waals surface area contributed by atoms with E-state index in [9.17, 15) is 4.79 Å². The molecule has 2 aromatic rings. The topological polar surface area (TPSA) is 51.5 Å². The highest BCUT2D eigenvalue weighted by atomic mass is 16.5. The first-order chi connectivity index (χ1) is 8.79. The molecule has 0 aliphatic carbocycles. The highest BCUT2D eigenvalue weighted by Crippen LogP contribution is 2.07. The van der Waals surface area contributed by atoms with Gasteiger partial charge in [0.1, 0.15) is 0 Å². The summed E-state index contributed by atoms with van der Waals surface area (Å²) in [6, 6.07) is 11.2. The molecule has 1 heterocycles. The van der Waals surface area contributed by atoms with Gasteiger partial charge in [0, 0.05) is 13.7 Å². The maximum absolute atomic E-state index is 11.7. The summed E-state index contributed by atoms with van der Waals surface area (Å²) in [6.07, 6.45) is 1.48. The Balaban J connectivity index is 1.93. The van der Waals surface area contributed by atoms with Crippen molar-refractivity contribution in [2.24, 2.45) is 0 Å². The normalized spacial score (nSPS) is 10.3. The van der Waals surface area contributed by atoms with Crippen molar-refractivity contribution in [2.75, 3.05) is 7.11 Å². The van der Waals surface area contributed by atoms with E-state index in [4.69, 9.17) is 9.15 Å². The first kappa shape index (κ1) is 12.4. The lowest BCUT2D eigenvalue weighted by molar-refractivity contribution is 0.0923. The molecule has 0 aliphatic rings. The minimum atomic E-state index is -0.211. The molecular formula is C14H15NO3. The monoisotopic (exact) mass is 245 g/mol. The van der Waals surface area contributed by atoms with Gasteiger partial charge < -0.3 is 14.5 Å². The third-order valence-electron chi connectivity index (χ3n) is 2.50. The van der Waals surface area contributed by atoms with E-state index in [1.807, 2.05) is 24.3 Å². The van der Waals surface area contributed by atoms with Gasteiger partial charge in [0.25, 0.3) is 5.91 Å². The predicted molar refractivity (Wildman–Crippen MR) is 67.0 cm³/mol. The van der Waals surface area contributed by atoms with Gasteiger partial charge in [0.15, 0.2) is 5.76 Å². The number of nitrogens with one attached hydrogen (secondary N) is 1. The fourth-order valence-electron chi connectivity index (χ4n) is 1.67. The van der Waals surface area contributed by atoms with Crippen LogP contribution in [0.1, 0.15) is 21.7 Å². The van der Waals surface area contributed by atoms with Crippen LogP contribution in [-0.4, -0.2) is 13.0 Å². The molecule has 4 heteroatoms. The van der Waals surface area contributed by atoms with Gasteiger partial charge in [-0.15, -0.1) is 0 Å². The van der Waals surface area contributed by atoms with E-state index in [1.165, 1.54) is 6.26 Å². The minimum Gasteiger partial charge on any atom is -0.459 e. The second kappa shape index (κ2) is 6.02. The van der Waals surface area contributed by atoms with Gasteiger partial charge in [0.2, 0.25) is 0 Å². The van der Waals surface area contributed by atoms with Gasteiger partial charge >= 0.3 is 0 Å². The maximum atomic E-state index is 11.7. The summed E-state index contributed by atoms with van der Waals surface area (Å²) in [5.74, 6) is 0.111. The summed E-state index contributed by atoms with van der Waals surface area (Å²) in [5.41, 5.74) is 2.12. The fourth-order valence-corrected chi connectivity index (χ4v) is 1.67. The maximum Gasteiger partial charge on any atom is 0.287 e. The van der Waals surface area contributed by atoms with E-state index >= 15 is 0 Å². The number of methoxy groups -OCH3 is 1. The van der Waals surface area contributed by atoms with Crippen LogP contribution in [0.4, 0.5) is 0 Å². The van der Waals surface area contributed by atoms with Crippen LogP contribution in [0.25, 0.3) is 0 Å².